The highest BCUT2D eigenvalue weighted by Gasteiger charge is 2.18. The van der Waals surface area contributed by atoms with Gasteiger partial charge in [-0.1, -0.05) is 30.3 Å². The van der Waals surface area contributed by atoms with E-state index in [4.69, 9.17) is 14.2 Å². The first-order chi connectivity index (χ1) is 9.71. The number of rotatable bonds is 5. The number of hydrogen-bond acceptors (Lipinski definition) is 4. The minimum absolute atomic E-state index is 0.513. The van der Waals surface area contributed by atoms with Gasteiger partial charge in [-0.25, -0.2) is 0 Å². The summed E-state index contributed by atoms with van der Waals surface area (Å²) in [5, 5.41) is 10.4. The summed E-state index contributed by atoms with van der Waals surface area (Å²) >= 11 is 0. The van der Waals surface area contributed by atoms with Crippen LogP contribution >= 0.6 is 0 Å². The fourth-order valence-corrected chi connectivity index (χ4v) is 2.09. The zero-order valence-corrected chi connectivity index (χ0v) is 11.8. The van der Waals surface area contributed by atoms with Crippen molar-refractivity contribution in [3.05, 3.63) is 53.6 Å². The molecule has 0 aromatic heterocycles. The molecule has 0 amide bonds. The van der Waals surface area contributed by atoms with Gasteiger partial charge in [-0.15, -0.1) is 0 Å². The second kappa shape index (κ2) is 6.30. The van der Waals surface area contributed by atoms with E-state index >= 15 is 0 Å². The first kappa shape index (κ1) is 14.2. The van der Waals surface area contributed by atoms with E-state index < -0.39 is 6.10 Å². The van der Waals surface area contributed by atoms with Crippen molar-refractivity contribution in [2.75, 3.05) is 21.3 Å². The van der Waals surface area contributed by atoms with Crippen molar-refractivity contribution in [2.45, 2.75) is 6.10 Å². The SMILES string of the molecule is COc1cc(C(O)c2ccccc2)cc(OC)c1OC. The molecule has 0 radical (unpaired) electrons. The molecule has 1 N–H and O–H groups in total. The number of aliphatic hydroxyl groups is 1. The Morgan fingerprint density at radius 1 is 0.800 bits per heavy atom. The molecule has 0 fully saturated rings. The third-order valence-electron chi connectivity index (χ3n) is 3.12. The summed E-state index contributed by atoms with van der Waals surface area (Å²) in [7, 11) is 4.65. The van der Waals surface area contributed by atoms with Gasteiger partial charge in [0.05, 0.1) is 21.3 Å². The van der Waals surface area contributed by atoms with Crippen molar-refractivity contribution in [1.82, 2.24) is 0 Å². The summed E-state index contributed by atoms with van der Waals surface area (Å²) < 4.78 is 15.8. The van der Waals surface area contributed by atoms with Gasteiger partial charge in [0, 0.05) is 0 Å². The standard InChI is InChI=1S/C16H18O4/c1-18-13-9-12(10-14(19-2)16(13)20-3)15(17)11-7-5-4-6-8-11/h4-10,15,17H,1-3H3. The number of ether oxygens (including phenoxy) is 3. The summed E-state index contributed by atoms with van der Waals surface area (Å²) in [6, 6.07) is 12.9. The molecule has 2 rings (SSSR count). The number of aliphatic hydroxyl groups excluding tert-OH is 1. The molecular formula is C16H18O4. The molecule has 106 valence electrons. The predicted molar refractivity (Wildman–Crippen MR) is 76.6 cm³/mol. The van der Waals surface area contributed by atoms with E-state index in [0.29, 0.717) is 22.8 Å². The van der Waals surface area contributed by atoms with Crippen LogP contribution in [0.3, 0.4) is 0 Å². The van der Waals surface area contributed by atoms with E-state index in [0.717, 1.165) is 5.56 Å². The molecule has 4 nitrogen and oxygen atoms in total. The van der Waals surface area contributed by atoms with Crippen LogP contribution < -0.4 is 14.2 Å². The Morgan fingerprint density at radius 2 is 1.35 bits per heavy atom. The van der Waals surface area contributed by atoms with Crippen LogP contribution in [0.2, 0.25) is 0 Å². The van der Waals surface area contributed by atoms with Crippen LogP contribution in [-0.4, -0.2) is 26.4 Å². The second-order valence-electron chi connectivity index (χ2n) is 4.27. The van der Waals surface area contributed by atoms with Gasteiger partial charge in [0.15, 0.2) is 11.5 Å². The molecule has 4 heteroatoms. The van der Waals surface area contributed by atoms with Gasteiger partial charge in [-0.3, -0.25) is 0 Å². The number of methoxy groups -OCH3 is 3. The Bertz CT molecular complexity index is 541. The molecule has 2 aromatic rings. The summed E-state index contributed by atoms with van der Waals surface area (Å²) in [5.74, 6) is 1.56. The molecule has 0 aliphatic carbocycles. The van der Waals surface area contributed by atoms with Crippen LogP contribution in [0.25, 0.3) is 0 Å². The van der Waals surface area contributed by atoms with Gasteiger partial charge in [0.2, 0.25) is 5.75 Å². The summed E-state index contributed by atoms with van der Waals surface area (Å²) in [4.78, 5) is 0. The lowest BCUT2D eigenvalue weighted by molar-refractivity contribution is 0.218. The molecule has 2 aromatic carbocycles. The van der Waals surface area contributed by atoms with Crippen LogP contribution in [0, 0.1) is 0 Å². The van der Waals surface area contributed by atoms with E-state index in [1.165, 1.54) is 0 Å². The largest absolute Gasteiger partial charge is 0.493 e. The Hall–Kier alpha value is -2.20. The first-order valence-electron chi connectivity index (χ1n) is 6.24. The quantitative estimate of drug-likeness (QED) is 0.910. The first-order valence-corrected chi connectivity index (χ1v) is 6.24. The zero-order valence-electron chi connectivity index (χ0n) is 11.8. The molecule has 0 heterocycles. The third-order valence-corrected chi connectivity index (χ3v) is 3.12. The average Bonchev–Trinajstić information content (AvgIpc) is 2.53. The number of benzene rings is 2. The lowest BCUT2D eigenvalue weighted by atomic mass is 10.0. The fraction of sp³-hybridized carbons (Fsp3) is 0.250. The lowest BCUT2D eigenvalue weighted by Crippen LogP contribution is -2.02. The van der Waals surface area contributed by atoms with Crippen molar-refractivity contribution < 1.29 is 19.3 Å². The second-order valence-corrected chi connectivity index (χ2v) is 4.27. The van der Waals surface area contributed by atoms with E-state index in [9.17, 15) is 5.11 Å². The van der Waals surface area contributed by atoms with E-state index in [2.05, 4.69) is 0 Å². The minimum atomic E-state index is -0.745. The van der Waals surface area contributed by atoms with Crippen molar-refractivity contribution in [3.8, 4) is 17.2 Å². The van der Waals surface area contributed by atoms with Crippen molar-refractivity contribution in [1.29, 1.82) is 0 Å². The molecule has 0 saturated carbocycles. The highest BCUT2D eigenvalue weighted by atomic mass is 16.5. The number of hydrogen-bond donors (Lipinski definition) is 1. The predicted octanol–water partition coefficient (Wildman–Crippen LogP) is 2.79. The summed E-state index contributed by atoms with van der Waals surface area (Å²) in [6.07, 6.45) is -0.745. The van der Waals surface area contributed by atoms with Gasteiger partial charge in [0.25, 0.3) is 0 Å². The van der Waals surface area contributed by atoms with Gasteiger partial charge < -0.3 is 19.3 Å². The Balaban J connectivity index is 2.47. The normalized spacial score (nSPS) is 11.8. The average molecular weight is 274 g/mol. The molecule has 0 bridgehead atoms. The van der Waals surface area contributed by atoms with E-state index in [-0.39, 0.29) is 0 Å². The highest BCUT2D eigenvalue weighted by Crippen LogP contribution is 2.40. The van der Waals surface area contributed by atoms with Gasteiger partial charge in [-0.05, 0) is 23.3 Å². The fourth-order valence-electron chi connectivity index (χ4n) is 2.09. The minimum Gasteiger partial charge on any atom is -0.493 e. The van der Waals surface area contributed by atoms with Crippen LogP contribution in [0.15, 0.2) is 42.5 Å². The third kappa shape index (κ3) is 2.70. The van der Waals surface area contributed by atoms with Crippen molar-refractivity contribution in [2.24, 2.45) is 0 Å². The van der Waals surface area contributed by atoms with E-state index in [1.54, 1.807) is 33.5 Å². The summed E-state index contributed by atoms with van der Waals surface area (Å²) in [5.41, 5.74) is 1.49. The molecular weight excluding hydrogens is 256 g/mol. The Labute approximate surface area is 118 Å². The highest BCUT2D eigenvalue weighted by molar-refractivity contribution is 5.55. The molecule has 20 heavy (non-hydrogen) atoms. The molecule has 0 aliphatic heterocycles. The van der Waals surface area contributed by atoms with Crippen LogP contribution in [-0.2, 0) is 0 Å². The van der Waals surface area contributed by atoms with E-state index in [1.807, 2.05) is 30.3 Å². The Morgan fingerprint density at radius 3 is 1.80 bits per heavy atom. The Kier molecular flexibility index (Phi) is 4.48. The van der Waals surface area contributed by atoms with Crippen molar-refractivity contribution in [3.63, 3.8) is 0 Å². The smallest absolute Gasteiger partial charge is 0.203 e. The molecule has 1 unspecified atom stereocenters. The maximum atomic E-state index is 10.4. The summed E-state index contributed by atoms with van der Waals surface area (Å²) in [6.45, 7) is 0. The molecule has 0 aliphatic rings. The zero-order chi connectivity index (χ0) is 14.5. The topological polar surface area (TPSA) is 47.9 Å². The lowest BCUT2D eigenvalue weighted by Gasteiger charge is -2.17. The van der Waals surface area contributed by atoms with Crippen molar-refractivity contribution >= 4 is 0 Å². The molecule has 0 saturated heterocycles. The van der Waals surface area contributed by atoms with Crippen LogP contribution in [0.5, 0.6) is 17.2 Å². The monoisotopic (exact) mass is 274 g/mol. The maximum absolute atomic E-state index is 10.4. The maximum Gasteiger partial charge on any atom is 0.203 e. The van der Waals surface area contributed by atoms with Crippen LogP contribution in [0.4, 0.5) is 0 Å². The molecule has 0 spiro atoms. The van der Waals surface area contributed by atoms with Gasteiger partial charge >= 0.3 is 0 Å². The molecule has 1 atom stereocenters. The van der Waals surface area contributed by atoms with Crippen LogP contribution in [0.1, 0.15) is 17.2 Å². The van der Waals surface area contributed by atoms with Gasteiger partial charge in [-0.2, -0.15) is 0 Å². The van der Waals surface area contributed by atoms with Gasteiger partial charge in [0.1, 0.15) is 6.10 Å².